The number of fused-ring (bicyclic) bond motifs is 1. The number of aliphatic hydroxyl groups excluding tert-OH is 1. The maximum atomic E-state index is 13.1. The number of nitrogens with zero attached hydrogens (tertiary/aromatic N) is 4. The van der Waals surface area contributed by atoms with Crippen molar-refractivity contribution in [1.29, 1.82) is 0 Å². The van der Waals surface area contributed by atoms with Crippen LogP contribution in [0.2, 0.25) is 0 Å². The van der Waals surface area contributed by atoms with E-state index in [1.165, 1.54) is 29.6 Å². The molecule has 39 heavy (non-hydrogen) atoms. The Bertz CT molecular complexity index is 1360. The summed E-state index contributed by atoms with van der Waals surface area (Å²) in [6, 6.07) is 4.38. The molecular weight excluding hydrogens is 552 g/mol. The number of nitro benzene ring substituents is 1. The Morgan fingerprint density at radius 2 is 2.08 bits per heavy atom. The lowest BCUT2D eigenvalue weighted by atomic mass is 10.0. The SMILES string of the molecule is CC(C)CO/N=C(\C(=O)NC1C(=O)N2C(C(=O)OCc3ccc([N+](=O)[O-])cc3)=C(O)CS[C@H]12)c1csc(N)n1. The normalized spacial score (nSPS) is 18.9. The Balaban J connectivity index is 1.43. The van der Waals surface area contributed by atoms with E-state index in [2.05, 4.69) is 15.5 Å². The summed E-state index contributed by atoms with van der Waals surface area (Å²) in [5.41, 5.74) is 5.76. The van der Waals surface area contributed by atoms with Crippen LogP contribution in [-0.2, 0) is 30.6 Å². The van der Waals surface area contributed by atoms with Gasteiger partial charge in [0.1, 0.15) is 36.1 Å². The number of amides is 2. The number of non-ortho nitro benzene ring substituents is 1. The van der Waals surface area contributed by atoms with Crippen molar-refractivity contribution in [1.82, 2.24) is 15.2 Å². The van der Waals surface area contributed by atoms with Gasteiger partial charge in [-0.3, -0.25) is 24.6 Å². The Hall–Kier alpha value is -4.18. The van der Waals surface area contributed by atoms with Gasteiger partial charge in [0.05, 0.1) is 10.7 Å². The largest absolute Gasteiger partial charge is 0.509 e. The van der Waals surface area contributed by atoms with Crippen molar-refractivity contribution in [3.05, 3.63) is 62.5 Å². The highest BCUT2D eigenvalue weighted by molar-refractivity contribution is 8.00. The molecule has 0 bridgehead atoms. The molecule has 1 aromatic carbocycles. The van der Waals surface area contributed by atoms with E-state index in [1.54, 1.807) is 0 Å². The number of nitro groups is 1. The summed E-state index contributed by atoms with van der Waals surface area (Å²) in [4.78, 5) is 59.5. The molecule has 0 saturated carbocycles. The van der Waals surface area contributed by atoms with Crippen LogP contribution >= 0.6 is 23.1 Å². The fourth-order valence-corrected chi connectivity index (χ4v) is 5.33. The minimum absolute atomic E-state index is 0.00382. The number of rotatable bonds is 10. The van der Waals surface area contributed by atoms with Gasteiger partial charge in [-0.2, -0.15) is 0 Å². The Morgan fingerprint density at radius 1 is 1.36 bits per heavy atom. The van der Waals surface area contributed by atoms with Crippen LogP contribution in [0.4, 0.5) is 10.8 Å². The van der Waals surface area contributed by atoms with Gasteiger partial charge in [0.25, 0.3) is 17.5 Å². The maximum Gasteiger partial charge on any atom is 0.358 e. The summed E-state index contributed by atoms with van der Waals surface area (Å²) in [5, 5.41) is 28.8. The fourth-order valence-electron chi connectivity index (χ4n) is 3.59. The van der Waals surface area contributed by atoms with Crippen molar-refractivity contribution in [2.75, 3.05) is 18.1 Å². The Kier molecular flexibility index (Phi) is 8.35. The smallest absolute Gasteiger partial charge is 0.358 e. The summed E-state index contributed by atoms with van der Waals surface area (Å²) < 4.78 is 5.25. The second-order valence-electron chi connectivity index (χ2n) is 8.86. The number of aromatic nitrogens is 1. The molecule has 0 spiro atoms. The van der Waals surface area contributed by atoms with E-state index >= 15 is 0 Å². The zero-order valence-corrected chi connectivity index (χ0v) is 22.4. The minimum Gasteiger partial charge on any atom is -0.509 e. The van der Waals surface area contributed by atoms with Crippen LogP contribution in [0.5, 0.6) is 0 Å². The third kappa shape index (κ3) is 6.12. The van der Waals surface area contributed by atoms with Gasteiger partial charge < -0.3 is 25.7 Å². The second-order valence-corrected chi connectivity index (χ2v) is 10.9. The number of anilines is 1. The molecule has 0 radical (unpaired) electrons. The molecular formula is C23H24N6O8S2. The second kappa shape index (κ2) is 11.7. The molecule has 2 aromatic rings. The number of ether oxygens (including phenoxy) is 1. The van der Waals surface area contributed by atoms with Crippen molar-refractivity contribution in [2.24, 2.45) is 11.1 Å². The summed E-state index contributed by atoms with van der Waals surface area (Å²) >= 11 is 2.27. The number of thioether (sulfide) groups is 1. The van der Waals surface area contributed by atoms with Crippen LogP contribution in [-0.4, -0.2) is 67.2 Å². The minimum atomic E-state index is -1.01. The number of β-lactam (4-membered cyclic amide) rings is 1. The summed E-state index contributed by atoms with van der Waals surface area (Å²) in [6.45, 7) is 3.84. The van der Waals surface area contributed by atoms with Gasteiger partial charge in [0.2, 0.25) is 0 Å². The number of aliphatic hydroxyl groups is 1. The molecule has 1 saturated heterocycles. The molecule has 2 amide bonds. The predicted octanol–water partition coefficient (Wildman–Crippen LogP) is 1.92. The van der Waals surface area contributed by atoms with Crippen molar-refractivity contribution in [3.8, 4) is 0 Å². The number of nitrogens with one attached hydrogen (secondary N) is 1. The van der Waals surface area contributed by atoms with Crippen molar-refractivity contribution in [2.45, 2.75) is 31.9 Å². The molecule has 3 heterocycles. The molecule has 1 aromatic heterocycles. The number of carbonyl (C=O) groups excluding carboxylic acids is 3. The van der Waals surface area contributed by atoms with Gasteiger partial charge >= 0.3 is 5.97 Å². The summed E-state index contributed by atoms with van der Waals surface area (Å²) in [6.07, 6.45) is 0. The van der Waals surface area contributed by atoms with Crippen LogP contribution < -0.4 is 11.1 Å². The zero-order valence-electron chi connectivity index (χ0n) is 20.7. The van der Waals surface area contributed by atoms with Crippen LogP contribution in [0.25, 0.3) is 0 Å². The number of oxime groups is 1. The number of benzene rings is 1. The van der Waals surface area contributed by atoms with Gasteiger partial charge in [0, 0.05) is 17.5 Å². The number of hydrogen-bond acceptors (Lipinski definition) is 13. The highest BCUT2D eigenvalue weighted by Crippen LogP contribution is 2.40. The Morgan fingerprint density at radius 3 is 2.69 bits per heavy atom. The van der Waals surface area contributed by atoms with E-state index in [9.17, 15) is 29.6 Å². The maximum absolute atomic E-state index is 13.1. The van der Waals surface area contributed by atoms with E-state index in [1.807, 2.05) is 13.8 Å². The van der Waals surface area contributed by atoms with E-state index in [0.29, 0.717) is 5.56 Å². The number of nitrogens with two attached hydrogens (primary N) is 1. The molecule has 14 nitrogen and oxygen atoms in total. The summed E-state index contributed by atoms with van der Waals surface area (Å²) in [5.74, 6) is -2.48. The molecule has 2 aliphatic rings. The number of hydrogen-bond donors (Lipinski definition) is 3. The van der Waals surface area contributed by atoms with Crippen LogP contribution in [0.1, 0.15) is 25.1 Å². The molecule has 1 unspecified atom stereocenters. The third-order valence-corrected chi connectivity index (χ3v) is 7.43. The van der Waals surface area contributed by atoms with Gasteiger partial charge in [-0.1, -0.05) is 19.0 Å². The molecule has 0 aliphatic carbocycles. The van der Waals surface area contributed by atoms with E-state index in [4.69, 9.17) is 15.3 Å². The van der Waals surface area contributed by atoms with E-state index < -0.39 is 34.1 Å². The monoisotopic (exact) mass is 576 g/mol. The first-order valence-corrected chi connectivity index (χ1v) is 13.5. The average molecular weight is 577 g/mol. The van der Waals surface area contributed by atoms with Crippen LogP contribution in [0.15, 0.2) is 46.3 Å². The van der Waals surface area contributed by atoms with Gasteiger partial charge in [-0.25, -0.2) is 9.78 Å². The molecule has 206 valence electrons. The lowest BCUT2D eigenvalue weighted by Gasteiger charge is -2.48. The molecule has 2 atom stereocenters. The van der Waals surface area contributed by atoms with Gasteiger partial charge in [-0.05, 0) is 23.6 Å². The third-order valence-electron chi connectivity index (χ3n) is 5.49. The average Bonchev–Trinajstić information content (AvgIpc) is 3.33. The number of thiazole rings is 1. The van der Waals surface area contributed by atoms with Gasteiger partial charge in [0.15, 0.2) is 16.5 Å². The fraction of sp³-hybridized carbons (Fsp3) is 0.348. The lowest BCUT2D eigenvalue weighted by Crippen LogP contribution is -2.71. The van der Waals surface area contributed by atoms with Crippen molar-refractivity contribution < 1.29 is 34.0 Å². The first-order valence-electron chi connectivity index (χ1n) is 11.6. The highest BCUT2D eigenvalue weighted by Gasteiger charge is 2.55. The first-order chi connectivity index (χ1) is 18.6. The number of carbonyl (C=O) groups is 3. The molecule has 2 aliphatic heterocycles. The summed E-state index contributed by atoms with van der Waals surface area (Å²) in [7, 11) is 0. The first kappa shape index (κ1) is 27.8. The standard InChI is InChI=1S/C23H24N6O8S2/c1-11(2)7-37-27-16(14-9-39-23(24)25-14)19(31)26-17-20(32)28-18(15(30)10-38-21(17)28)22(33)36-8-12-3-5-13(6-4-12)29(34)35/h3-6,9,11,17,21,30H,7-8,10H2,1-2H3,(H2,24,25)(H,26,31)/b27-16-/t17?,21-/m1/s1. The van der Waals surface area contributed by atoms with Crippen LogP contribution in [0.3, 0.4) is 0 Å². The molecule has 1 fully saturated rings. The van der Waals surface area contributed by atoms with E-state index in [-0.39, 0.29) is 58.6 Å². The molecule has 4 N–H and O–H groups in total. The van der Waals surface area contributed by atoms with Crippen molar-refractivity contribution in [3.63, 3.8) is 0 Å². The number of nitrogen functional groups attached to an aromatic ring is 1. The lowest BCUT2D eigenvalue weighted by molar-refractivity contribution is -0.384. The molecule has 4 rings (SSSR count). The highest BCUT2D eigenvalue weighted by atomic mass is 32.2. The van der Waals surface area contributed by atoms with Crippen LogP contribution in [0, 0.1) is 16.0 Å². The zero-order chi connectivity index (χ0) is 28.3. The van der Waals surface area contributed by atoms with Crippen molar-refractivity contribution >= 4 is 57.4 Å². The van der Waals surface area contributed by atoms with Gasteiger partial charge in [-0.15, -0.1) is 23.1 Å². The van der Waals surface area contributed by atoms with E-state index in [0.717, 1.165) is 28.0 Å². The quantitative estimate of drug-likeness (QED) is 0.123. The topological polar surface area (TPSA) is 200 Å². The number of esters is 1. The predicted molar refractivity (Wildman–Crippen MR) is 141 cm³/mol. The molecule has 16 heteroatoms. The Labute approximate surface area is 230 Å².